The molecule has 0 spiro atoms. The van der Waals surface area contributed by atoms with Crippen LogP contribution in [0.15, 0.2) is 30.9 Å². The summed E-state index contributed by atoms with van der Waals surface area (Å²) in [5.74, 6) is 1.29. The molecule has 0 bridgehead atoms. The lowest BCUT2D eigenvalue weighted by molar-refractivity contribution is 0.0333. The molecule has 140 valence electrons. The standard InChI is InChI=1S/C19H30N2O4/c1-3-8-20-12-15-4-5-18(19(11-15)24-2)25-14-17(23)13-21-9-6-16(22)7-10-21/h3-5,11,16-17,20,22-23H,1,6-10,12-14H2,2H3/t17-/m0/s1. The highest BCUT2D eigenvalue weighted by molar-refractivity contribution is 5.43. The van der Waals surface area contributed by atoms with E-state index in [9.17, 15) is 10.2 Å². The molecule has 0 saturated carbocycles. The van der Waals surface area contributed by atoms with Crippen molar-refractivity contribution < 1.29 is 19.7 Å². The largest absolute Gasteiger partial charge is 0.493 e. The van der Waals surface area contributed by atoms with Gasteiger partial charge in [0.2, 0.25) is 0 Å². The van der Waals surface area contributed by atoms with Gasteiger partial charge < -0.3 is 29.9 Å². The summed E-state index contributed by atoms with van der Waals surface area (Å²) in [4.78, 5) is 2.16. The normalized spacial score (nSPS) is 17.2. The number of nitrogens with one attached hydrogen (secondary N) is 1. The molecule has 1 aliphatic heterocycles. The molecule has 1 aliphatic rings. The molecule has 25 heavy (non-hydrogen) atoms. The van der Waals surface area contributed by atoms with Crippen LogP contribution in [0.5, 0.6) is 11.5 Å². The maximum atomic E-state index is 10.2. The lowest BCUT2D eigenvalue weighted by atomic mass is 10.1. The molecule has 1 aromatic rings. The molecule has 1 heterocycles. The summed E-state index contributed by atoms with van der Waals surface area (Å²) < 4.78 is 11.1. The second-order valence-electron chi connectivity index (χ2n) is 6.40. The zero-order chi connectivity index (χ0) is 18.1. The molecule has 0 radical (unpaired) electrons. The van der Waals surface area contributed by atoms with Crippen LogP contribution in [0.1, 0.15) is 18.4 Å². The van der Waals surface area contributed by atoms with Crippen molar-refractivity contribution in [3.05, 3.63) is 36.4 Å². The van der Waals surface area contributed by atoms with Crippen molar-refractivity contribution in [2.24, 2.45) is 0 Å². The number of hydrogen-bond acceptors (Lipinski definition) is 6. The Kier molecular flexibility index (Phi) is 8.21. The van der Waals surface area contributed by atoms with Gasteiger partial charge in [0, 0.05) is 32.7 Å². The lowest BCUT2D eigenvalue weighted by Gasteiger charge is -2.30. The lowest BCUT2D eigenvalue weighted by Crippen LogP contribution is -2.41. The number of ether oxygens (including phenoxy) is 2. The van der Waals surface area contributed by atoms with Gasteiger partial charge in [0.25, 0.3) is 0 Å². The summed E-state index contributed by atoms with van der Waals surface area (Å²) in [5, 5.41) is 23.0. The second-order valence-corrected chi connectivity index (χ2v) is 6.40. The Balaban J connectivity index is 1.81. The van der Waals surface area contributed by atoms with Crippen molar-refractivity contribution in [2.75, 3.05) is 39.9 Å². The van der Waals surface area contributed by atoms with Crippen molar-refractivity contribution in [1.29, 1.82) is 0 Å². The van der Waals surface area contributed by atoms with Crippen LogP contribution < -0.4 is 14.8 Å². The molecular formula is C19H30N2O4. The summed E-state index contributed by atoms with van der Waals surface area (Å²) >= 11 is 0. The molecule has 6 heteroatoms. The minimum absolute atomic E-state index is 0.201. The summed E-state index contributed by atoms with van der Waals surface area (Å²) in [7, 11) is 1.61. The van der Waals surface area contributed by atoms with Crippen LogP contribution in [0.2, 0.25) is 0 Å². The molecule has 1 aromatic carbocycles. The first kappa shape index (κ1) is 19.7. The zero-order valence-electron chi connectivity index (χ0n) is 15.0. The highest BCUT2D eigenvalue weighted by atomic mass is 16.5. The first-order chi connectivity index (χ1) is 12.1. The fourth-order valence-corrected chi connectivity index (χ4v) is 2.90. The van der Waals surface area contributed by atoms with Crippen molar-refractivity contribution in [1.82, 2.24) is 10.2 Å². The average molecular weight is 350 g/mol. The van der Waals surface area contributed by atoms with E-state index in [1.807, 2.05) is 24.3 Å². The molecule has 0 aromatic heterocycles. The van der Waals surface area contributed by atoms with Crippen molar-refractivity contribution in [3.63, 3.8) is 0 Å². The highest BCUT2D eigenvalue weighted by Gasteiger charge is 2.19. The van der Waals surface area contributed by atoms with Crippen LogP contribution in [0.4, 0.5) is 0 Å². The summed E-state index contributed by atoms with van der Waals surface area (Å²) in [5.41, 5.74) is 1.10. The van der Waals surface area contributed by atoms with Crippen LogP contribution in [0, 0.1) is 0 Å². The van der Waals surface area contributed by atoms with Gasteiger partial charge in [0.1, 0.15) is 12.7 Å². The number of likely N-dealkylation sites (tertiary alicyclic amines) is 1. The van der Waals surface area contributed by atoms with Gasteiger partial charge in [-0.2, -0.15) is 0 Å². The van der Waals surface area contributed by atoms with E-state index in [0.717, 1.165) is 44.6 Å². The number of nitrogens with zero attached hydrogens (tertiary/aromatic N) is 1. The topological polar surface area (TPSA) is 74.2 Å². The van der Waals surface area contributed by atoms with E-state index in [1.165, 1.54) is 0 Å². The minimum Gasteiger partial charge on any atom is -0.493 e. The predicted octanol–water partition coefficient (Wildman–Crippen LogP) is 1.17. The molecule has 1 saturated heterocycles. The number of methoxy groups -OCH3 is 1. The Morgan fingerprint density at radius 3 is 2.80 bits per heavy atom. The van der Waals surface area contributed by atoms with Crippen LogP contribution in [-0.4, -0.2) is 67.2 Å². The molecule has 6 nitrogen and oxygen atoms in total. The van der Waals surface area contributed by atoms with Crippen LogP contribution in [0.25, 0.3) is 0 Å². The summed E-state index contributed by atoms with van der Waals surface area (Å²) in [6.45, 7) is 7.55. The predicted molar refractivity (Wildman–Crippen MR) is 98.1 cm³/mol. The Labute approximate surface area is 150 Å². The molecule has 0 aliphatic carbocycles. The SMILES string of the molecule is C=CCNCc1ccc(OC[C@@H](O)CN2CCC(O)CC2)c(OC)c1. The molecule has 1 atom stereocenters. The third kappa shape index (κ3) is 6.66. The first-order valence-corrected chi connectivity index (χ1v) is 8.82. The fraction of sp³-hybridized carbons (Fsp3) is 0.579. The number of hydrogen-bond donors (Lipinski definition) is 3. The molecule has 0 amide bonds. The number of aliphatic hydroxyl groups excluding tert-OH is 2. The molecule has 3 N–H and O–H groups in total. The van der Waals surface area contributed by atoms with E-state index < -0.39 is 6.10 Å². The Morgan fingerprint density at radius 1 is 1.36 bits per heavy atom. The number of β-amino-alcohol motifs (C(OH)–C–C–N with tert-alkyl or cyclic N) is 1. The van der Waals surface area contributed by atoms with Crippen molar-refractivity contribution in [2.45, 2.75) is 31.6 Å². The highest BCUT2D eigenvalue weighted by Crippen LogP contribution is 2.28. The number of piperidine rings is 1. The third-order valence-electron chi connectivity index (χ3n) is 4.30. The number of aliphatic hydroxyl groups is 2. The quantitative estimate of drug-likeness (QED) is 0.434. The summed E-state index contributed by atoms with van der Waals surface area (Å²) in [6, 6.07) is 5.78. The summed E-state index contributed by atoms with van der Waals surface area (Å²) in [6.07, 6.45) is 2.58. The van der Waals surface area contributed by atoms with Gasteiger partial charge in [-0.05, 0) is 30.5 Å². The maximum absolute atomic E-state index is 10.2. The first-order valence-electron chi connectivity index (χ1n) is 8.82. The smallest absolute Gasteiger partial charge is 0.161 e. The number of benzene rings is 1. The van der Waals surface area contributed by atoms with Crippen molar-refractivity contribution >= 4 is 0 Å². The van der Waals surface area contributed by atoms with Gasteiger partial charge in [0.05, 0.1) is 13.2 Å². The van der Waals surface area contributed by atoms with Crippen LogP contribution in [-0.2, 0) is 6.54 Å². The molecule has 0 unspecified atom stereocenters. The van der Waals surface area contributed by atoms with Gasteiger partial charge in [-0.3, -0.25) is 0 Å². The maximum Gasteiger partial charge on any atom is 0.161 e. The molecular weight excluding hydrogens is 320 g/mol. The van der Waals surface area contributed by atoms with E-state index in [0.29, 0.717) is 18.0 Å². The average Bonchev–Trinajstić information content (AvgIpc) is 2.62. The van der Waals surface area contributed by atoms with E-state index in [-0.39, 0.29) is 12.7 Å². The van der Waals surface area contributed by atoms with Gasteiger partial charge in [-0.1, -0.05) is 12.1 Å². The van der Waals surface area contributed by atoms with Crippen LogP contribution >= 0.6 is 0 Å². The van der Waals surface area contributed by atoms with Crippen molar-refractivity contribution in [3.8, 4) is 11.5 Å². The monoisotopic (exact) mass is 350 g/mol. The van der Waals surface area contributed by atoms with Gasteiger partial charge >= 0.3 is 0 Å². The number of rotatable bonds is 10. The third-order valence-corrected chi connectivity index (χ3v) is 4.30. The van der Waals surface area contributed by atoms with Crippen LogP contribution in [0.3, 0.4) is 0 Å². The Hall–Kier alpha value is -1.60. The van der Waals surface area contributed by atoms with Gasteiger partial charge in [-0.25, -0.2) is 0 Å². The second kappa shape index (κ2) is 10.4. The molecule has 1 fully saturated rings. The fourth-order valence-electron chi connectivity index (χ4n) is 2.90. The minimum atomic E-state index is -0.575. The Bertz CT molecular complexity index is 530. The van der Waals surface area contributed by atoms with E-state index >= 15 is 0 Å². The Morgan fingerprint density at radius 2 is 2.12 bits per heavy atom. The van der Waals surface area contributed by atoms with Gasteiger partial charge in [-0.15, -0.1) is 6.58 Å². The van der Waals surface area contributed by atoms with Gasteiger partial charge in [0.15, 0.2) is 11.5 Å². The zero-order valence-corrected chi connectivity index (χ0v) is 15.0. The molecule has 2 rings (SSSR count). The van der Waals surface area contributed by atoms with E-state index in [1.54, 1.807) is 7.11 Å². The van der Waals surface area contributed by atoms with E-state index in [4.69, 9.17) is 9.47 Å². The van der Waals surface area contributed by atoms with E-state index in [2.05, 4.69) is 16.8 Å².